The van der Waals surface area contributed by atoms with E-state index in [-0.39, 0.29) is 15.4 Å². The van der Waals surface area contributed by atoms with Crippen molar-refractivity contribution >= 4 is 26.0 Å². The first-order valence-electron chi connectivity index (χ1n) is 6.50. The molecule has 6 heteroatoms. The minimum atomic E-state index is -3.67. The van der Waals surface area contributed by atoms with Crippen molar-refractivity contribution in [2.24, 2.45) is 0 Å². The summed E-state index contributed by atoms with van der Waals surface area (Å²) in [5.74, 6) is -0.478. The Morgan fingerprint density at radius 3 is 2.29 bits per heavy atom. The molecule has 1 aliphatic rings. The lowest BCUT2D eigenvalue weighted by atomic mass is 10.1. The lowest BCUT2D eigenvalue weighted by Gasteiger charge is -2.13. The van der Waals surface area contributed by atoms with E-state index in [0.29, 0.717) is 12.8 Å². The normalized spacial score (nSPS) is 15.1. The molecule has 3 nitrogen and oxygen atoms in total. The van der Waals surface area contributed by atoms with Crippen LogP contribution in [-0.2, 0) is 22.9 Å². The second-order valence-corrected chi connectivity index (χ2v) is 7.61. The predicted molar refractivity (Wildman–Crippen MR) is 82.1 cm³/mol. The Hall–Kier alpha value is -1.24. The third-order valence-corrected chi connectivity index (χ3v) is 6.05. The molecule has 0 unspecified atom stereocenters. The Bertz CT molecular complexity index is 767. The molecule has 0 fully saturated rings. The molecule has 110 valence electrons. The molecule has 1 N–H and O–H groups in total. The van der Waals surface area contributed by atoms with Gasteiger partial charge in [0.05, 0.1) is 4.90 Å². The molecule has 2 aromatic carbocycles. The minimum Gasteiger partial charge on any atom is -0.207 e. The maximum atomic E-state index is 13.1. The van der Waals surface area contributed by atoms with Gasteiger partial charge in [-0.1, -0.05) is 24.3 Å². The summed E-state index contributed by atoms with van der Waals surface area (Å²) in [5, 5.41) is 0. The number of fused-ring (bicyclic) bond motifs is 1. The van der Waals surface area contributed by atoms with E-state index in [9.17, 15) is 12.8 Å². The third kappa shape index (κ3) is 3.02. The Labute approximate surface area is 131 Å². The maximum absolute atomic E-state index is 13.1. The van der Waals surface area contributed by atoms with Crippen molar-refractivity contribution in [2.75, 3.05) is 0 Å². The van der Waals surface area contributed by atoms with Crippen molar-refractivity contribution in [3.05, 3.63) is 63.9 Å². The van der Waals surface area contributed by atoms with Crippen molar-refractivity contribution < 1.29 is 12.8 Å². The predicted octanol–water partition coefficient (Wildman–Crippen LogP) is 3.03. The fourth-order valence-corrected chi connectivity index (χ4v) is 4.90. The zero-order valence-electron chi connectivity index (χ0n) is 11.0. The van der Waals surface area contributed by atoms with Crippen LogP contribution in [-0.4, -0.2) is 14.5 Å². The second-order valence-electron chi connectivity index (χ2n) is 5.07. The Morgan fingerprint density at radius 2 is 1.71 bits per heavy atom. The molecule has 0 spiro atoms. The second kappa shape index (κ2) is 5.51. The van der Waals surface area contributed by atoms with Gasteiger partial charge in [0.25, 0.3) is 0 Å². The van der Waals surface area contributed by atoms with E-state index in [0.717, 1.165) is 12.1 Å². The van der Waals surface area contributed by atoms with Crippen LogP contribution in [0.4, 0.5) is 4.39 Å². The molecule has 0 saturated heterocycles. The highest BCUT2D eigenvalue weighted by Gasteiger charge is 2.27. The number of sulfonamides is 1. The Morgan fingerprint density at radius 1 is 1.10 bits per heavy atom. The Balaban J connectivity index is 1.82. The van der Waals surface area contributed by atoms with Crippen molar-refractivity contribution in [2.45, 2.75) is 23.8 Å². The highest BCUT2D eigenvalue weighted by molar-refractivity contribution is 9.10. The summed E-state index contributed by atoms with van der Waals surface area (Å²) in [5.41, 5.74) is 2.34. The molecular formula is C15H13BrFNO2S. The lowest BCUT2D eigenvalue weighted by Crippen LogP contribution is -2.35. The van der Waals surface area contributed by atoms with Crippen molar-refractivity contribution in [1.29, 1.82) is 0 Å². The van der Waals surface area contributed by atoms with E-state index in [1.165, 1.54) is 17.2 Å². The first kappa shape index (κ1) is 14.7. The average molecular weight is 370 g/mol. The van der Waals surface area contributed by atoms with Crippen LogP contribution in [0.5, 0.6) is 0 Å². The summed E-state index contributed by atoms with van der Waals surface area (Å²) >= 11 is 3.10. The highest BCUT2D eigenvalue weighted by atomic mass is 79.9. The topological polar surface area (TPSA) is 46.2 Å². The number of nitrogens with one attached hydrogen (secondary N) is 1. The highest BCUT2D eigenvalue weighted by Crippen LogP contribution is 2.26. The largest absolute Gasteiger partial charge is 0.241 e. The van der Waals surface area contributed by atoms with Gasteiger partial charge in [0.15, 0.2) is 0 Å². The molecule has 0 aliphatic heterocycles. The van der Waals surface area contributed by atoms with Crippen LogP contribution < -0.4 is 4.72 Å². The molecule has 0 bridgehead atoms. The third-order valence-electron chi connectivity index (χ3n) is 3.56. The van der Waals surface area contributed by atoms with Crippen LogP contribution >= 0.6 is 15.9 Å². The summed E-state index contributed by atoms with van der Waals surface area (Å²) in [6.45, 7) is 0. The average Bonchev–Trinajstić information content (AvgIpc) is 2.79. The van der Waals surface area contributed by atoms with Gasteiger partial charge >= 0.3 is 0 Å². The van der Waals surface area contributed by atoms with Crippen LogP contribution in [0.2, 0.25) is 0 Å². The van der Waals surface area contributed by atoms with E-state index in [1.807, 2.05) is 24.3 Å². The van der Waals surface area contributed by atoms with Gasteiger partial charge in [-0.2, -0.15) is 0 Å². The number of hydrogen-bond acceptors (Lipinski definition) is 2. The number of halogens is 2. The van der Waals surface area contributed by atoms with Crippen LogP contribution in [0.3, 0.4) is 0 Å². The monoisotopic (exact) mass is 369 g/mol. The maximum Gasteiger partial charge on any atom is 0.241 e. The van der Waals surface area contributed by atoms with E-state index >= 15 is 0 Å². The first-order chi connectivity index (χ1) is 9.95. The summed E-state index contributed by atoms with van der Waals surface area (Å²) in [6.07, 6.45) is 1.35. The molecule has 2 aromatic rings. The molecule has 0 heterocycles. The molecule has 0 amide bonds. The van der Waals surface area contributed by atoms with Gasteiger partial charge in [0.2, 0.25) is 10.0 Å². The Kier molecular flexibility index (Phi) is 3.86. The molecule has 1 aliphatic carbocycles. The van der Waals surface area contributed by atoms with Gasteiger partial charge in [-0.15, -0.1) is 0 Å². The summed E-state index contributed by atoms with van der Waals surface area (Å²) < 4.78 is 40.8. The van der Waals surface area contributed by atoms with Crippen molar-refractivity contribution in [3.63, 3.8) is 0 Å². The number of hydrogen-bond donors (Lipinski definition) is 1. The van der Waals surface area contributed by atoms with Gasteiger partial charge in [0.1, 0.15) is 5.82 Å². The number of benzene rings is 2. The SMILES string of the molecule is O=S(=O)(NC1Cc2ccccc2C1)c1ccc(F)cc1Br. The first-order valence-corrected chi connectivity index (χ1v) is 8.77. The molecule has 3 rings (SSSR count). The zero-order valence-corrected chi connectivity index (χ0v) is 13.4. The molecule has 21 heavy (non-hydrogen) atoms. The molecule has 0 aromatic heterocycles. The fourth-order valence-electron chi connectivity index (χ4n) is 2.62. The minimum absolute atomic E-state index is 0.0554. The molecular weight excluding hydrogens is 357 g/mol. The van der Waals surface area contributed by atoms with Crippen LogP contribution in [0.1, 0.15) is 11.1 Å². The molecule has 0 atom stereocenters. The zero-order chi connectivity index (χ0) is 15.0. The molecule has 0 radical (unpaired) electrons. The van der Waals surface area contributed by atoms with Gasteiger partial charge in [-0.25, -0.2) is 17.5 Å². The van der Waals surface area contributed by atoms with E-state index in [2.05, 4.69) is 20.7 Å². The van der Waals surface area contributed by atoms with E-state index < -0.39 is 15.8 Å². The van der Waals surface area contributed by atoms with Crippen LogP contribution in [0.15, 0.2) is 51.8 Å². The standard InChI is InChI=1S/C15H13BrFNO2S/c16-14-9-12(17)5-6-15(14)21(19,20)18-13-7-10-3-1-2-4-11(10)8-13/h1-6,9,13,18H,7-8H2. The number of rotatable bonds is 3. The summed E-state index contributed by atoms with van der Waals surface area (Å²) in [7, 11) is -3.67. The van der Waals surface area contributed by atoms with Gasteiger partial charge in [-0.05, 0) is 58.1 Å². The van der Waals surface area contributed by atoms with Crippen LogP contribution in [0.25, 0.3) is 0 Å². The van der Waals surface area contributed by atoms with Gasteiger partial charge in [0, 0.05) is 10.5 Å². The van der Waals surface area contributed by atoms with Crippen molar-refractivity contribution in [3.8, 4) is 0 Å². The van der Waals surface area contributed by atoms with E-state index in [4.69, 9.17) is 0 Å². The van der Waals surface area contributed by atoms with Gasteiger partial charge < -0.3 is 0 Å². The van der Waals surface area contributed by atoms with Crippen molar-refractivity contribution in [1.82, 2.24) is 4.72 Å². The lowest BCUT2D eigenvalue weighted by molar-refractivity contribution is 0.554. The van der Waals surface area contributed by atoms with Gasteiger partial charge in [-0.3, -0.25) is 0 Å². The quantitative estimate of drug-likeness (QED) is 0.903. The smallest absolute Gasteiger partial charge is 0.207 e. The fraction of sp³-hybridized carbons (Fsp3) is 0.200. The summed E-state index contributed by atoms with van der Waals surface area (Å²) in [4.78, 5) is 0.0554. The molecule has 0 saturated carbocycles. The van der Waals surface area contributed by atoms with E-state index in [1.54, 1.807) is 0 Å². The summed E-state index contributed by atoms with van der Waals surface area (Å²) in [6, 6.07) is 11.3. The van der Waals surface area contributed by atoms with Crippen LogP contribution in [0, 0.1) is 5.82 Å².